The van der Waals surface area contributed by atoms with Gasteiger partial charge in [-0.05, 0) is 68.4 Å². The van der Waals surface area contributed by atoms with Crippen LogP contribution in [0.2, 0.25) is 0 Å². The van der Waals surface area contributed by atoms with E-state index in [9.17, 15) is 26.7 Å². The van der Waals surface area contributed by atoms with Gasteiger partial charge in [0.2, 0.25) is 0 Å². The Bertz CT molecular complexity index is 3350. The number of benzene rings is 6. The molecule has 1 aromatic heterocycles. The molecule has 2 atom stereocenters. The highest BCUT2D eigenvalue weighted by Gasteiger charge is 2.46. The van der Waals surface area contributed by atoms with Crippen LogP contribution in [-0.2, 0) is 39.7 Å². The van der Waals surface area contributed by atoms with Crippen molar-refractivity contribution in [2.24, 2.45) is 0 Å². The van der Waals surface area contributed by atoms with Gasteiger partial charge in [-0.1, -0.05) is 72.8 Å². The Balaban J connectivity index is 0.000000134. The number of aromatic nitrogens is 1. The third-order valence-corrected chi connectivity index (χ3v) is 14.5. The summed E-state index contributed by atoms with van der Waals surface area (Å²) in [6.07, 6.45) is 4.38. The molecule has 69 heavy (non-hydrogen) atoms. The molecule has 2 unspecified atom stereocenters. The standard InChI is InChI=1S/C23H22O7.C19H20N2.C10H8O6S2/c1-23(2)6-5-11-15(30-23)8-13(24)20-21(25)19-12-7-16(26-3)17(27-4)9-14(12)28-10-18(19)29-22(11)20;1-20-12-11-19-17(14-20)16-9-5-6-10-18(16)21(19)13-15-7-3-2-4-8-15;11-17(12,13)9-5-1-3-7-8(9)4-2-6-10(7)18(14,15)16/h5-9,18-19,24H,10H2,1-4H3;2-10H,11-14H2,1H3;1-6H,(H,11,12,13)(H,14,15,16). The third-order valence-electron chi connectivity index (χ3n) is 12.6. The van der Waals surface area contributed by atoms with E-state index < -0.39 is 47.7 Å². The number of para-hydroxylation sites is 1. The van der Waals surface area contributed by atoms with Crippen LogP contribution in [0.3, 0.4) is 0 Å². The van der Waals surface area contributed by atoms with Crippen LogP contribution in [0.5, 0.6) is 34.5 Å². The second-order valence-electron chi connectivity index (χ2n) is 17.7. The van der Waals surface area contributed by atoms with Crippen LogP contribution in [0.25, 0.3) is 27.8 Å². The summed E-state index contributed by atoms with van der Waals surface area (Å²) in [4.78, 5) is 15.2. The highest BCUT2D eigenvalue weighted by molar-refractivity contribution is 7.86. The van der Waals surface area contributed by atoms with Gasteiger partial charge in [-0.3, -0.25) is 13.9 Å². The van der Waals surface area contributed by atoms with Gasteiger partial charge in [0.05, 0.1) is 25.7 Å². The Labute approximate surface area is 399 Å². The molecular formula is C52H50N2O13S2. The first-order chi connectivity index (χ1) is 32.9. The van der Waals surface area contributed by atoms with E-state index in [1.54, 1.807) is 19.2 Å². The van der Waals surface area contributed by atoms with Gasteiger partial charge in [0, 0.05) is 71.1 Å². The fourth-order valence-electron chi connectivity index (χ4n) is 9.46. The molecule has 11 rings (SSSR count). The summed E-state index contributed by atoms with van der Waals surface area (Å²) in [7, 11) is -3.65. The minimum atomic E-state index is -4.47. The van der Waals surface area contributed by atoms with E-state index >= 15 is 0 Å². The zero-order valence-corrected chi connectivity index (χ0v) is 40.0. The normalized spacial score (nSPS) is 17.7. The van der Waals surface area contributed by atoms with E-state index in [0.717, 1.165) is 38.2 Å². The lowest BCUT2D eigenvalue weighted by molar-refractivity contribution is 0.0547. The second-order valence-corrected chi connectivity index (χ2v) is 20.4. The van der Waals surface area contributed by atoms with Gasteiger partial charge in [-0.25, -0.2) is 0 Å². The summed E-state index contributed by atoms with van der Waals surface area (Å²) in [6, 6.07) is 32.1. The van der Waals surface area contributed by atoms with Crippen LogP contribution in [-0.4, -0.2) is 92.4 Å². The number of ketones is 1. The minimum absolute atomic E-state index is 0.0233. The Morgan fingerprint density at radius 1 is 0.783 bits per heavy atom. The average molecular weight is 975 g/mol. The van der Waals surface area contributed by atoms with Crippen LogP contribution in [0.1, 0.15) is 58.1 Å². The molecule has 15 nitrogen and oxygen atoms in total. The zero-order valence-electron chi connectivity index (χ0n) is 38.4. The molecule has 0 aliphatic carbocycles. The molecule has 6 aromatic carbocycles. The molecule has 0 radical (unpaired) electrons. The van der Waals surface area contributed by atoms with Gasteiger partial charge >= 0.3 is 0 Å². The maximum atomic E-state index is 13.6. The molecule has 5 heterocycles. The van der Waals surface area contributed by atoms with Crippen LogP contribution in [0.4, 0.5) is 0 Å². The van der Waals surface area contributed by atoms with Gasteiger partial charge < -0.3 is 38.3 Å². The first-order valence-electron chi connectivity index (χ1n) is 22.0. The average Bonchev–Trinajstić information content (AvgIpc) is 3.61. The first-order valence-corrected chi connectivity index (χ1v) is 24.9. The van der Waals surface area contributed by atoms with Crippen LogP contribution in [0, 0.1) is 0 Å². The fraction of sp³-hybridized carbons (Fsp3) is 0.250. The van der Waals surface area contributed by atoms with Crippen molar-refractivity contribution in [1.82, 2.24) is 9.47 Å². The number of hydrogen-bond acceptors (Lipinski definition) is 12. The SMILES string of the molecule is CN1CCc2c(c3ccccc3n2Cc2ccccc2)C1.COc1cc2c(cc1OC)C1C(=O)c3c(O)cc4c(c3OC1CO2)C=CC(C)(C)O4.O=S(=O)(O)c1cccc2c(S(=O)(=O)O)cccc12. The Morgan fingerprint density at radius 2 is 1.41 bits per heavy atom. The van der Waals surface area contributed by atoms with Gasteiger partial charge in [-0.15, -0.1) is 0 Å². The molecule has 7 aromatic rings. The van der Waals surface area contributed by atoms with E-state index in [2.05, 4.69) is 71.1 Å². The van der Waals surface area contributed by atoms with E-state index in [0.29, 0.717) is 39.9 Å². The van der Waals surface area contributed by atoms with Crippen LogP contribution in [0.15, 0.2) is 125 Å². The van der Waals surface area contributed by atoms with Gasteiger partial charge in [0.15, 0.2) is 17.3 Å². The number of carbonyl (C=O) groups is 1. The number of phenolic OH excluding ortho intramolecular Hbond substituents is 1. The quantitative estimate of drug-likeness (QED) is 0.134. The van der Waals surface area contributed by atoms with Crippen LogP contribution >= 0.6 is 0 Å². The molecule has 0 spiro atoms. The van der Waals surface area contributed by atoms with Crippen LogP contribution < -0.4 is 23.7 Å². The van der Waals surface area contributed by atoms with E-state index in [1.165, 1.54) is 65.2 Å². The predicted octanol–water partition coefficient (Wildman–Crippen LogP) is 8.72. The number of aromatic hydroxyl groups is 1. The van der Waals surface area contributed by atoms with Gasteiger partial charge in [0.25, 0.3) is 20.2 Å². The summed E-state index contributed by atoms with van der Waals surface area (Å²) in [6.45, 7) is 7.21. The fourth-order valence-corrected chi connectivity index (χ4v) is 10.9. The molecule has 0 bridgehead atoms. The predicted molar refractivity (Wildman–Crippen MR) is 259 cm³/mol. The van der Waals surface area contributed by atoms with Crippen molar-refractivity contribution in [3.05, 3.63) is 149 Å². The monoisotopic (exact) mass is 974 g/mol. The van der Waals surface area contributed by atoms with E-state index in [1.807, 2.05) is 26.0 Å². The van der Waals surface area contributed by atoms with E-state index in [-0.39, 0.29) is 34.5 Å². The number of methoxy groups -OCH3 is 2. The number of hydrogen-bond donors (Lipinski definition) is 3. The summed E-state index contributed by atoms with van der Waals surface area (Å²) in [5.74, 6) is 1.34. The van der Waals surface area contributed by atoms with Gasteiger partial charge in [-0.2, -0.15) is 16.8 Å². The third kappa shape index (κ3) is 9.11. The smallest absolute Gasteiger partial charge is 0.295 e. The topological polar surface area (TPSA) is 200 Å². The largest absolute Gasteiger partial charge is 0.507 e. The molecule has 0 saturated heterocycles. The van der Waals surface area contributed by atoms with Crippen molar-refractivity contribution < 1.29 is 59.5 Å². The Hall–Kier alpha value is -6.89. The van der Waals surface area contributed by atoms with E-state index in [4.69, 9.17) is 32.8 Å². The molecule has 0 amide bonds. The molecule has 358 valence electrons. The number of rotatable bonds is 6. The minimum Gasteiger partial charge on any atom is -0.507 e. The summed E-state index contributed by atoms with van der Waals surface area (Å²) in [5, 5.41) is 12.2. The lowest BCUT2D eigenvalue weighted by Crippen LogP contribution is -2.43. The Kier molecular flexibility index (Phi) is 12.5. The number of likely N-dealkylation sites (N-methyl/N-ethyl adjacent to an activating group) is 1. The zero-order chi connectivity index (χ0) is 49.0. The van der Waals surface area contributed by atoms with Crippen molar-refractivity contribution in [2.75, 3.05) is 34.4 Å². The Morgan fingerprint density at radius 3 is 2.06 bits per heavy atom. The highest BCUT2D eigenvalue weighted by atomic mass is 32.2. The van der Waals surface area contributed by atoms with Gasteiger partial charge in [0.1, 0.15) is 56.7 Å². The van der Waals surface area contributed by atoms with Crippen molar-refractivity contribution in [1.29, 1.82) is 0 Å². The number of phenols is 1. The summed E-state index contributed by atoms with van der Waals surface area (Å²) in [5.41, 5.74) is 6.73. The van der Waals surface area contributed by atoms with Crippen molar-refractivity contribution >= 4 is 53.8 Å². The lowest BCUT2D eigenvalue weighted by Gasteiger charge is -2.39. The molecule has 0 fully saturated rings. The number of nitrogens with zero attached hydrogens (tertiary/aromatic N) is 2. The summed E-state index contributed by atoms with van der Waals surface area (Å²) >= 11 is 0. The maximum absolute atomic E-state index is 13.6. The molecule has 3 N–H and O–H groups in total. The molecular weight excluding hydrogens is 925 g/mol. The number of carbonyl (C=O) groups excluding carboxylic acids is 1. The van der Waals surface area contributed by atoms with Crippen molar-refractivity contribution in [3.8, 4) is 34.5 Å². The number of ether oxygens (including phenoxy) is 5. The number of fused-ring (bicyclic) bond motifs is 10. The highest BCUT2D eigenvalue weighted by Crippen LogP contribution is 2.52. The maximum Gasteiger partial charge on any atom is 0.295 e. The van der Waals surface area contributed by atoms with Crippen molar-refractivity contribution in [3.63, 3.8) is 0 Å². The number of Topliss-reactive ketones (excluding diaryl/α,β-unsaturated/α-hetero) is 1. The second kappa shape index (κ2) is 18.2. The first kappa shape index (κ1) is 47.2. The van der Waals surface area contributed by atoms with Crippen molar-refractivity contribution in [2.45, 2.75) is 60.8 Å². The summed E-state index contributed by atoms with van der Waals surface area (Å²) < 4.78 is 94.0. The molecule has 4 aliphatic rings. The molecule has 0 saturated carbocycles. The molecule has 4 aliphatic heterocycles. The lowest BCUT2D eigenvalue weighted by atomic mass is 9.80. The molecule has 17 heteroatoms.